The molecule has 0 N–H and O–H groups in total. The molecule has 1 saturated heterocycles. The zero-order valence-electron chi connectivity index (χ0n) is 14.8. The van der Waals surface area contributed by atoms with E-state index in [2.05, 4.69) is 15.2 Å². The lowest BCUT2D eigenvalue weighted by atomic mass is 9.98. The van der Waals surface area contributed by atoms with Crippen LogP contribution in [0.4, 0.5) is 4.39 Å². The van der Waals surface area contributed by atoms with Gasteiger partial charge in [0, 0.05) is 26.1 Å². The molecule has 1 aromatic heterocycles. The first-order valence-corrected chi connectivity index (χ1v) is 9.24. The third kappa shape index (κ3) is 3.42. The summed E-state index contributed by atoms with van der Waals surface area (Å²) in [5.41, 5.74) is 0.134. The minimum Gasteiger partial charge on any atom is -0.379 e. The predicted molar refractivity (Wildman–Crippen MR) is 88.7 cm³/mol. The zero-order valence-corrected chi connectivity index (χ0v) is 14.8. The summed E-state index contributed by atoms with van der Waals surface area (Å²) in [7, 11) is 1.86. The molecule has 1 aromatic rings. The summed E-state index contributed by atoms with van der Waals surface area (Å²) < 4.78 is 21.9. The van der Waals surface area contributed by atoms with Gasteiger partial charge < -0.3 is 14.5 Å². The SMILES string of the molecule is Cn1nnc2c1[C@@H](COCCN1CCCC1)CN(C(=O)C1(F)CC1)C2. The van der Waals surface area contributed by atoms with Gasteiger partial charge in [-0.2, -0.15) is 0 Å². The first-order valence-electron chi connectivity index (χ1n) is 9.24. The van der Waals surface area contributed by atoms with Gasteiger partial charge in [0.05, 0.1) is 25.5 Å². The Labute approximate surface area is 147 Å². The number of nitrogens with zero attached hydrogens (tertiary/aromatic N) is 5. The van der Waals surface area contributed by atoms with E-state index in [1.54, 1.807) is 9.58 Å². The van der Waals surface area contributed by atoms with Crippen LogP contribution >= 0.6 is 0 Å². The molecule has 0 aromatic carbocycles. The molecule has 2 aliphatic heterocycles. The van der Waals surface area contributed by atoms with Crippen molar-refractivity contribution in [3.8, 4) is 0 Å². The number of likely N-dealkylation sites (tertiary alicyclic amines) is 1. The van der Waals surface area contributed by atoms with E-state index in [1.807, 2.05) is 7.05 Å². The normalized spacial score (nSPS) is 25.2. The van der Waals surface area contributed by atoms with E-state index >= 15 is 0 Å². The summed E-state index contributed by atoms with van der Waals surface area (Å²) in [6, 6.07) is 0. The molecule has 8 heteroatoms. The number of aromatic nitrogens is 3. The van der Waals surface area contributed by atoms with Gasteiger partial charge in [-0.15, -0.1) is 5.10 Å². The second-order valence-corrected chi connectivity index (χ2v) is 7.52. The molecular formula is C17H26FN5O2. The molecule has 1 aliphatic carbocycles. The molecule has 2 fully saturated rings. The molecule has 138 valence electrons. The Morgan fingerprint density at radius 2 is 2.12 bits per heavy atom. The van der Waals surface area contributed by atoms with Crippen molar-refractivity contribution < 1.29 is 13.9 Å². The zero-order chi connectivity index (χ0) is 17.4. The van der Waals surface area contributed by atoms with E-state index in [-0.39, 0.29) is 5.92 Å². The molecule has 7 nitrogen and oxygen atoms in total. The van der Waals surface area contributed by atoms with Gasteiger partial charge in [-0.3, -0.25) is 9.48 Å². The van der Waals surface area contributed by atoms with Gasteiger partial charge in [-0.1, -0.05) is 5.21 Å². The summed E-state index contributed by atoms with van der Waals surface area (Å²) in [6.07, 6.45) is 3.22. The molecule has 3 aliphatic rings. The second kappa shape index (κ2) is 6.64. The van der Waals surface area contributed by atoms with E-state index in [0.29, 0.717) is 39.1 Å². The maximum absolute atomic E-state index is 14.2. The number of fused-ring (bicyclic) bond motifs is 1. The molecule has 1 saturated carbocycles. The van der Waals surface area contributed by atoms with Gasteiger partial charge in [0.15, 0.2) is 5.67 Å². The van der Waals surface area contributed by atoms with Crippen LogP contribution in [0, 0.1) is 0 Å². The number of halogens is 1. The van der Waals surface area contributed by atoms with Crippen LogP contribution in [0.1, 0.15) is 43.0 Å². The fraction of sp³-hybridized carbons (Fsp3) is 0.824. The molecule has 0 unspecified atom stereocenters. The van der Waals surface area contributed by atoms with Crippen molar-refractivity contribution in [3.63, 3.8) is 0 Å². The number of rotatable bonds is 6. The van der Waals surface area contributed by atoms with Crippen molar-refractivity contribution in [2.75, 3.05) is 39.4 Å². The van der Waals surface area contributed by atoms with E-state index < -0.39 is 11.6 Å². The van der Waals surface area contributed by atoms with Crippen LogP contribution in [-0.4, -0.2) is 75.8 Å². The van der Waals surface area contributed by atoms with Crippen LogP contribution < -0.4 is 0 Å². The van der Waals surface area contributed by atoms with Crippen molar-refractivity contribution in [1.82, 2.24) is 24.8 Å². The Hall–Kier alpha value is -1.54. The van der Waals surface area contributed by atoms with Crippen LogP contribution in [0.15, 0.2) is 0 Å². The summed E-state index contributed by atoms with van der Waals surface area (Å²) in [4.78, 5) is 16.4. The minimum atomic E-state index is -1.64. The van der Waals surface area contributed by atoms with Crippen molar-refractivity contribution in [2.24, 2.45) is 7.05 Å². The highest BCUT2D eigenvalue weighted by molar-refractivity contribution is 5.88. The van der Waals surface area contributed by atoms with E-state index in [9.17, 15) is 9.18 Å². The van der Waals surface area contributed by atoms with Crippen LogP contribution in [0.25, 0.3) is 0 Å². The van der Waals surface area contributed by atoms with Gasteiger partial charge in [0.1, 0.15) is 5.69 Å². The molecule has 0 bridgehead atoms. The fourth-order valence-corrected chi connectivity index (χ4v) is 3.94. The quantitative estimate of drug-likeness (QED) is 0.711. The third-order valence-corrected chi connectivity index (χ3v) is 5.54. The lowest BCUT2D eigenvalue weighted by Crippen LogP contribution is -2.44. The monoisotopic (exact) mass is 351 g/mol. The highest BCUT2D eigenvalue weighted by Crippen LogP contribution is 2.42. The maximum Gasteiger partial charge on any atom is 0.260 e. The Balaban J connectivity index is 1.38. The summed E-state index contributed by atoms with van der Waals surface area (Å²) in [5.74, 6) is -0.403. The molecule has 1 atom stereocenters. The number of aryl methyl sites for hydroxylation is 1. The number of carbonyl (C=O) groups is 1. The average Bonchev–Trinajstić information content (AvgIpc) is 3.00. The first-order chi connectivity index (χ1) is 12.1. The summed E-state index contributed by atoms with van der Waals surface area (Å²) in [6.45, 7) is 5.26. The lowest BCUT2D eigenvalue weighted by Gasteiger charge is -2.33. The number of hydrogen-bond acceptors (Lipinski definition) is 5. The highest BCUT2D eigenvalue weighted by atomic mass is 19.1. The Kier molecular flexibility index (Phi) is 4.49. The third-order valence-electron chi connectivity index (χ3n) is 5.54. The van der Waals surface area contributed by atoms with Crippen molar-refractivity contribution in [3.05, 3.63) is 11.4 Å². The van der Waals surface area contributed by atoms with Crippen LogP contribution in [0.5, 0.6) is 0 Å². The Morgan fingerprint density at radius 3 is 2.84 bits per heavy atom. The van der Waals surface area contributed by atoms with Crippen molar-refractivity contribution in [2.45, 2.75) is 43.8 Å². The molecular weight excluding hydrogens is 325 g/mol. The van der Waals surface area contributed by atoms with Crippen LogP contribution in [0.3, 0.4) is 0 Å². The largest absolute Gasteiger partial charge is 0.379 e. The maximum atomic E-state index is 14.2. The van der Waals surface area contributed by atoms with Gasteiger partial charge in [0.2, 0.25) is 0 Å². The fourth-order valence-electron chi connectivity index (χ4n) is 3.94. The number of carbonyl (C=O) groups excluding carboxylic acids is 1. The van der Waals surface area contributed by atoms with Crippen LogP contribution in [-0.2, 0) is 23.1 Å². The van der Waals surface area contributed by atoms with Crippen molar-refractivity contribution in [1.29, 1.82) is 0 Å². The van der Waals surface area contributed by atoms with Crippen LogP contribution in [0.2, 0.25) is 0 Å². The van der Waals surface area contributed by atoms with Gasteiger partial charge in [-0.05, 0) is 38.8 Å². The molecule has 4 rings (SSSR count). The van der Waals surface area contributed by atoms with Gasteiger partial charge in [-0.25, -0.2) is 4.39 Å². The molecule has 0 spiro atoms. The molecule has 25 heavy (non-hydrogen) atoms. The Morgan fingerprint density at radius 1 is 1.36 bits per heavy atom. The highest BCUT2D eigenvalue weighted by Gasteiger charge is 2.53. The standard InChI is InChI=1S/C17H26FN5O2/c1-21-15-13(12-25-9-8-22-6-2-3-7-22)10-23(11-14(15)19-20-21)16(24)17(18)4-5-17/h13H,2-12H2,1H3/t13-/m1/s1. The molecule has 1 amide bonds. The van der Waals surface area contributed by atoms with E-state index in [4.69, 9.17) is 4.74 Å². The topological polar surface area (TPSA) is 63.5 Å². The average molecular weight is 351 g/mol. The Bertz CT molecular complexity index is 639. The van der Waals surface area contributed by atoms with Crippen molar-refractivity contribution >= 4 is 5.91 Å². The number of ether oxygens (including phenoxy) is 1. The summed E-state index contributed by atoms with van der Waals surface area (Å²) in [5, 5.41) is 8.25. The van der Waals surface area contributed by atoms with Gasteiger partial charge in [0.25, 0.3) is 5.91 Å². The number of amides is 1. The number of hydrogen-bond donors (Lipinski definition) is 0. The molecule has 0 radical (unpaired) electrons. The summed E-state index contributed by atoms with van der Waals surface area (Å²) >= 11 is 0. The minimum absolute atomic E-state index is 0.00590. The van der Waals surface area contributed by atoms with E-state index in [1.165, 1.54) is 12.8 Å². The number of alkyl halides is 1. The van der Waals surface area contributed by atoms with E-state index in [0.717, 1.165) is 31.0 Å². The lowest BCUT2D eigenvalue weighted by molar-refractivity contribution is -0.139. The smallest absolute Gasteiger partial charge is 0.260 e. The second-order valence-electron chi connectivity index (χ2n) is 7.52. The first kappa shape index (κ1) is 16.9. The van der Waals surface area contributed by atoms with Gasteiger partial charge >= 0.3 is 0 Å². The molecule has 3 heterocycles. The predicted octanol–water partition coefficient (Wildman–Crippen LogP) is 0.855.